The molecule has 6 heteroatoms. The van der Waals surface area contributed by atoms with Crippen LogP contribution in [0.1, 0.15) is 13.3 Å². The van der Waals surface area contributed by atoms with E-state index in [2.05, 4.69) is 10.1 Å². The molecule has 0 heterocycles. The summed E-state index contributed by atoms with van der Waals surface area (Å²) in [5, 5.41) is 4.24. The molecule has 0 unspecified atom stereocenters. The van der Waals surface area contributed by atoms with Gasteiger partial charge in [-0.2, -0.15) is 0 Å². The molecule has 2 N–H and O–H groups in total. The van der Waals surface area contributed by atoms with Crippen LogP contribution < -0.4 is 10.6 Å². The molecule has 0 atom stereocenters. The summed E-state index contributed by atoms with van der Waals surface area (Å²) in [4.78, 5) is 31.7. The first-order chi connectivity index (χ1) is 6.06. The predicted octanol–water partition coefficient (Wildman–Crippen LogP) is -0.605. The Bertz CT molecular complexity index is 215. The highest BCUT2D eigenvalue weighted by Gasteiger charge is 2.05. The van der Waals surface area contributed by atoms with Crippen LogP contribution in [0.25, 0.3) is 0 Å². The zero-order chi connectivity index (χ0) is 10.3. The van der Waals surface area contributed by atoms with Crippen molar-refractivity contribution in [3.8, 4) is 0 Å². The number of ether oxygens (including phenoxy) is 1. The molecular weight excluding hydrogens is 176 g/mol. The van der Waals surface area contributed by atoms with Crippen LogP contribution in [0.3, 0.4) is 0 Å². The molecule has 0 fully saturated rings. The lowest BCUT2D eigenvalue weighted by Crippen LogP contribution is -2.37. The Morgan fingerprint density at radius 2 is 1.92 bits per heavy atom. The van der Waals surface area contributed by atoms with Gasteiger partial charge in [0.25, 0.3) is 0 Å². The lowest BCUT2D eigenvalue weighted by atomic mass is 10.4. The van der Waals surface area contributed by atoms with Gasteiger partial charge in [-0.15, -0.1) is 0 Å². The Hall–Kier alpha value is -1.59. The van der Waals surface area contributed by atoms with E-state index in [1.807, 2.05) is 5.32 Å². The first-order valence-electron chi connectivity index (χ1n) is 3.71. The van der Waals surface area contributed by atoms with Crippen molar-refractivity contribution in [3.05, 3.63) is 0 Å². The van der Waals surface area contributed by atoms with E-state index in [1.54, 1.807) is 0 Å². The summed E-state index contributed by atoms with van der Waals surface area (Å²) in [6.45, 7) is 1.23. The van der Waals surface area contributed by atoms with Crippen molar-refractivity contribution in [3.63, 3.8) is 0 Å². The number of hydrogen-bond acceptors (Lipinski definition) is 4. The molecule has 0 aliphatic rings. The maximum absolute atomic E-state index is 10.8. The number of esters is 1. The standard InChI is InChI=1S/C7H12N2O4/c1-5(10)13-4-3-6(11)9-7(12)8-2/h3-4H2,1-2H3,(H2,8,9,11,12). The van der Waals surface area contributed by atoms with E-state index in [4.69, 9.17) is 0 Å². The largest absolute Gasteiger partial charge is 0.465 e. The molecule has 0 radical (unpaired) electrons. The topological polar surface area (TPSA) is 84.5 Å². The summed E-state index contributed by atoms with van der Waals surface area (Å²) in [6, 6.07) is -0.576. The van der Waals surface area contributed by atoms with Crippen LogP contribution in [0.15, 0.2) is 0 Å². The SMILES string of the molecule is CNC(=O)NC(=O)CCOC(C)=O. The molecule has 0 aromatic rings. The number of nitrogens with one attached hydrogen (secondary N) is 2. The smallest absolute Gasteiger partial charge is 0.321 e. The molecule has 0 aromatic carbocycles. The monoisotopic (exact) mass is 188 g/mol. The van der Waals surface area contributed by atoms with E-state index >= 15 is 0 Å². The Kier molecular flexibility index (Phi) is 5.25. The first kappa shape index (κ1) is 11.4. The van der Waals surface area contributed by atoms with Crippen molar-refractivity contribution in [2.24, 2.45) is 0 Å². The third-order valence-corrected chi connectivity index (χ3v) is 1.11. The third kappa shape index (κ3) is 6.79. The van der Waals surface area contributed by atoms with Crippen molar-refractivity contribution in [1.82, 2.24) is 10.6 Å². The highest BCUT2D eigenvalue weighted by atomic mass is 16.5. The fourth-order valence-corrected chi connectivity index (χ4v) is 0.539. The number of carbonyl (C=O) groups excluding carboxylic acids is 3. The van der Waals surface area contributed by atoms with Crippen molar-refractivity contribution >= 4 is 17.9 Å². The molecule has 0 aliphatic carbocycles. The molecule has 0 aliphatic heterocycles. The molecule has 0 saturated heterocycles. The molecule has 13 heavy (non-hydrogen) atoms. The molecule has 74 valence electrons. The van der Waals surface area contributed by atoms with E-state index in [9.17, 15) is 14.4 Å². The predicted molar refractivity (Wildman–Crippen MR) is 43.8 cm³/mol. The second kappa shape index (κ2) is 5.99. The van der Waals surface area contributed by atoms with Gasteiger partial charge in [-0.3, -0.25) is 14.9 Å². The number of imide groups is 1. The van der Waals surface area contributed by atoms with E-state index in [1.165, 1.54) is 14.0 Å². The Morgan fingerprint density at radius 1 is 1.31 bits per heavy atom. The van der Waals surface area contributed by atoms with Gasteiger partial charge in [0, 0.05) is 14.0 Å². The van der Waals surface area contributed by atoms with Gasteiger partial charge in [0.15, 0.2) is 0 Å². The molecule has 3 amide bonds. The van der Waals surface area contributed by atoms with Crippen molar-refractivity contribution in [2.75, 3.05) is 13.7 Å². The normalized spacial score (nSPS) is 8.77. The lowest BCUT2D eigenvalue weighted by molar-refractivity contribution is -0.141. The summed E-state index contributed by atoms with van der Waals surface area (Å²) >= 11 is 0. The van der Waals surface area contributed by atoms with Crippen molar-refractivity contribution < 1.29 is 19.1 Å². The van der Waals surface area contributed by atoms with Crippen LogP contribution in [-0.2, 0) is 14.3 Å². The van der Waals surface area contributed by atoms with E-state index < -0.39 is 17.9 Å². The maximum atomic E-state index is 10.8. The average Bonchev–Trinajstić information content (AvgIpc) is 2.03. The molecule has 0 spiro atoms. The average molecular weight is 188 g/mol. The summed E-state index contributed by atoms with van der Waals surface area (Å²) in [6.07, 6.45) is -0.0208. The minimum Gasteiger partial charge on any atom is -0.465 e. The van der Waals surface area contributed by atoms with Crippen molar-refractivity contribution in [2.45, 2.75) is 13.3 Å². The molecule has 0 rings (SSSR count). The second-order valence-electron chi connectivity index (χ2n) is 2.22. The van der Waals surface area contributed by atoms with E-state index in [-0.39, 0.29) is 13.0 Å². The van der Waals surface area contributed by atoms with E-state index in [0.29, 0.717) is 0 Å². The van der Waals surface area contributed by atoms with Crippen LogP contribution in [-0.4, -0.2) is 31.6 Å². The van der Waals surface area contributed by atoms with Crippen LogP contribution >= 0.6 is 0 Å². The van der Waals surface area contributed by atoms with Gasteiger partial charge in [-0.1, -0.05) is 0 Å². The first-order valence-corrected chi connectivity index (χ1v) is 3.71. The molecule has 6 nitrogen and oxygen atoms in total. The minimum atomic E-state index is -0.576. The van der Waals surface area contributed by atoms with Gasteiger partial charge in [-0.05, 0) is 0 Å². The number of amides is 3. The third-order valence-electron chi connectivity index (χ3n) is 1.11. The van der Waals surface area contributed by atoms with Crippen LogP contribution in [0.5, 0.6) is 0 Å². The molecule has 0 saturated carbocycles. The molecular formula is C7H12N2O4. The highest BCUT2D eigenvalue weighted by Crippen LogP contribution is 1.83. The quantitative estimate of drug-likeness (QED) is 0.579. The Labute approximate surface area is 75.6 Å². The number of carbonyl (C=O) groups is 3. The van der Waals surface area contributed by atoms with Crippen LogP contribution in [0.2, 0.25) is 0 Å². The summed E-state index contributed by atoms with van der Waals surface area (Å²) in [5.74, 6) is -0.937. The maximum Gasteiger partial charge on any atom is 0.321 e. The van der Waals surface area contributed by atoms with Gasteiger partial charge in [0.1, 0.15) is 6.61 Å². The van der Waals surface area contributed by atoms with Gasteiger partial charge < -0.3 is 10.1 Å². The molecule has 0 aromatic heterocycles. The van der Waals surface area contributed by atoms with Crippen LogP contribution in [0.4, 0.5) is 4.79 Å². The van der Waals surface area contributed by atoms with Crippen LogP contribution in [0, 0.1) is 0 Å². The molecule has 0 bridgehead atoms. The summed E-state index contributed by atoms with van der Waals surface area (Å²) in [7, 11) is 1.40. The highest BCUT2D eigenvalue weighted by molar-refractivity contribution is 5.94. The van der Waals surface area contributed by atoms with Gasteiger partial charge in [0.2, 0.25) is 5.91 Å². The number of hydrogen-bond donors (Lipinski definition) is 2. The van der Waals surface area contributed by atoms with Gasteiger partial charge in [-0.25, -0.2) is 4.79 Å². The second-order valence-corrected chi connectivity index (χ2v) is 2.22. The number of rotatable bonds is 3. The Morgan fingerprint density at radius 3 is 2.38 bits per heavy atom. The fraction of sp³-hybridized carbons (Fsp3) is 0.571. The zero-order valence-electron chi connectivity index (χ0n) is 7.55. The lowest BCUT2D eigenvalue weighted by Gasteiger charge is -2.02. The Balaban J connectivity index is 3.52. The van der Waals surface area contributed by atoms with Crippen molar-refractivity contribution in [1.29, 1.82) is 0 Å². The summed E-state index contributed by atoms with van der Waals surface area (Å²) < 4.78 is 4.50. The van der Waals surface area contributed by atoms with Gasteiger partial charge >= 0.3 is 12.0 Å². The minimum absolute atomic E-state index is 0.0157. The van der Waals surface area contributed by atoms with Gasteiger partial charge in [0.05, 0.1) is 6.42 Å². The number of urea groups is 1. The fourth-order valence-electron chi connectivity index (χ4n) is 0.539. The van der Waals surface area contributed by atoms with E-state index in [0.717, 1.165) is 0 Å². The summed E-state index contributed by atoms with van der Waals surface area (Å²) in [5.41, 5.74) is 0. The zero-order valence-corrected chi connectivity index (χ0v) is 7.55.